The minimum atomic E-state index is -0.525. The van der Waals surface area contributed by atoms with Crippen LogP contribution < -0.4 is 11.0 Å². The zero-order valence-corrected chi connectivity index (χ0v) is 13.7. The highest BCUT2D eigenvalue weighted by molar-refractivity contribution is 6.64. The summed E-state index contributed by atoms with van der Waals surface area (Å²) in [5.41, 5.74) is 8.10. The number of hydrogen-bond acceptors (Lipinski definition) is 5. The van der Waals surface area contributed by atoms with Gasteiger partial charge in [-0.25, -0.2) is 0 Å². The highest BCUT2D eigenvalue weighted by Crippen LogP contribution is 2.17. The Balaban J connectivity index is 2.77. The molecule has 1 aromatic rings. The number of carbonyl (C=O) groups is 2. The van der Waals surface area contributed by atoms with E-state index in [1.165, 1.54) is 7.41 Å². The van der Waals surface area contributed by atoms with E-state index in [2.05, 4.69) is 5.23 Å². The van der Waals surface area contributed by atoms with Crippen molar-refractivity contribution in [2.75, 3.05) is 5.73 Å². The lowest BCUT2D eigenvalue weighted by molar-refractivity contribution is -0.155. The number of esters is 1. The monoisotopic (exact) mass is 303 g/mol. The van der Waals surface area contributed by atoms with Crippen molar-refractivity contribution in [2.45, 2.75) is 52.2 Å². The molecule has 0 aliphatic carbocycles. The largest absolute Gasteiger partial charge is 0.460 e. The van der Waals surface area contributed by atoms with E-state index in [4.69, 9.17) is 10.5 Å². The van der Waals surface area contributed by atoms with Gasteiger partial charge in [-0.3, -0.25) is 4.79 Å². The molecule has 0 bridgehead atoms. The van der Waals surface area contributed by atoms with Gasteiger partial charge in [0, 0.05) is 11.7 Å². The quantitative estimate of drug-likeness (QED) is 0.346. The minimum Gasteiger partial charge on any atom is -0.460 e. The third-order valence-corrected chi connectivity index (χ3v) is 3.07. The SMILES string of the molecule is Cc1ccc(N)cc1C[C@H](CC(=O)OC(C)(C)C)N[B]C=O. The number of nitrogen functional groups attached to an aromatic ring is 1. The first kappa shape index (κ1) is 18.2. The molecule has 1 atom stereocenters. The van der Waals surface area contributed by atoms with Gasteiger partial charge in [0.15, 0.2) is 0 Å². The van der Waals surface area contributed by atoms with E-state index in [0.29, 0.717) is 18.3 Å². The van der Waals surface area contributed by atoms with Crippen LogP contribution in [0.4, 0.5) is 5.69 Å². The second kappa shape index (κ2) is 7.99. The molecule has 0 saturated heterocycles. The molecular formula is C16H24BN2O3. The first-order valence-corrected chi connectivity index (χ1v) is 7.31. The van der Waals surface area contributed by atoms with Crippen molar-refractivity contribution in [3.63, 3.8) is 0 Å². The van der Waals surface area contributed by atoms with E-state index >= 15 is 0 Å². The molecule has 3 N–H and O–H groups in total. The Kier molecular flexibility index (Phi) is 6.62. The van der Waals surface area contributed by atoms with E-state index in [1.54, 1.807) is 0 Å². The lowest BCUT2D eigenvalue weighted by atomic mass is 9.91. The molecular weight excluding hydrogens is 279 g/mol. The molecule has 6 heteroatoms. The first-order chi connectivity index (χ1) is 10.2. The second-order valence-electron chi connectivity index (χ2n) is 6.35. The standard InChI is InChI=1S/C16H24BN2O3/c1-11-5-6-13(18)7-12(11)8-14(19-17-10-20)9-15(21)22-16(2,3)4/h5-7,10,14,19H,8-9,18H2,1-4H3/t14-/m1/s1. The van der Waals surface area contributed by atoms with Crippen LogP contribution in [0.5, 0.6) is 0 Å². The number of hydrogen-bond donors (Lipinski definition) is 2. The summed E-state index contributed by atoms with van der Waals surface area (Å²) in [6.07, 6.45) is 1.42. The maximum Gasteiger partial charge on any atom is 0.307 e. The van der Waals surface area contributed by atoms with Crippen LogP contribution in [-0.4, -0.2) is 31.2 Å². The number of aryl methyl sites for hydroxylation is 1. The fourth-order valence-electron chi connectivity index (χ4n) is 2.13. The molecule has 119 valence electrons. The second-order valence-corrected chi connectivity index (χ2v) is 6.35. The van der Waals surface area contributed by atoms with Crippen LogP contribution in [0, 0.1) is 6.92 Å². The van der Waals surface area contributed by atoms with Crippen molar-refractivity contribution in [1.82, 2.24) is 5.23 Å². The van der Waals surface area contributed by atoms with Crippen molar-refractivity contribution in [2.24, 2.45) is 0 Å². The van der Waals surface area contributed by atoms with Gasteiger partial charge in [-0.05, 0) is 57.4 Å². The molecule has 22 heavy (non-hydrogen) atoms. The number of rotatable bonds is 7. The molecule has 1 radical (unpaired) electrons. The van der Waals surface area contributed by atoms with Gasteiger partial charge in [0.25, 0.3) is 7.41 Å². The summed E-state index contributed by atoms with van der Waals surface area (Å²) in [6.45, 7) is 7.47. The predicted octanol–water partition coefficient (Wildman–Crippen LogP) is 1.62. The molecule has 0 aliphatic rings. The molecule has 0 amide bonds. The van der Waals surface area contributed by atoms with Crippen molar-refractivity contribution in [1.29, 1.82) is 0 Å². The molecule has 0 aromatic heterocycles. The number of nitrogens with one attached hydrogen (secondary N) is 1. The van der Waals surface area contributed by atoms with Crippen molar-refractivity contribution in [3.05, 3.63) is 29.3 Å². The molecule has 0 fully saturated rings. The van der Waals surface area contributed by atoms with E-state index < -0.39 is 5.60 Å². The maximum atomic E-state index is 12.0. The highest BCUT2D eigenvalue weighted by Gasteiger charge is 2.21. The van der Waals surface area contributed by atoms with Gasteiger partial charge in [0.2, 0.25) is 0 Å². The van der Waals surface area contributed by atoms with Crippen LogP contribution in [0.25, 0.3) is 0 Å². The van der Waals surface area contributed by atoms with Gasteiger partial charge >= 0.3 is 5.97 Å². The Labute approximate surface area is 132 Å². The Bertz CT molecular complexity index is 527. The van der Waals surface area contributed by atoms with Gasteiger partial charge in [0.05, 0.1) is 12.6 Å². The summed E-state index contributed by atoms with van der Waals surface area (Å²) in [6, 6.07) is 5.45. The Morgan fingerprint density at radius 1 is 1.45 bits per heavy atom. The fourth-order valence-corrected chi connectivity index (χ4v) is 2.13. The van der Waals surface area contributed by atoms with Gasteiger partial charge in [-0.2, -0.15) is 0 Å². The van der Waals surface area contributed by atoms with E-state index in [-0.39, 0.29) is 18.4 Å². The van der Waals surface area contributed by atoms with Crippen molar-refractivity contribution >= 4 is 25.3 Å². The van der Waals surface area contributed by atoms with Crippen LogP contribution in [0.3, 0.4) is 0 Å². The zero-order valence-electron chi connectivity index (χ0n) is 13.7. The topological polar surface area (TPSA) is 81.4 Å². The third-order valence-electron chi connectivity index (χ3n) is 3.07. The van der Waals surface area contributed by atoms with E-state index in [0.717, 1.165) is 11.1 Å². The summed E-state index contributed by atoms with van der Waals surface area (Å²) in [5.74, 6) is -0.300. The smallest absolute Gasteiger partial charge is 0.307 e. The molecule has 0 spiro atoms. The zero-order chi connectivity index (χ0) is 16.8. The van der Waals surface area contributed by atoms with Gasteiger partial charge in [0.1, 0.15) is 5.60 Å². The molecule has 0 saturated carbocycles. The first-order valence-electron chi connectivity index (χ1n) is 7.31. The van der Waals surface area contributed by atoms with Gasteiger partial charge in [-0.15, -0.1) is 0 Å². The van der Waals surface area contributed by atoms with E-state index in [9.17, 15) is 9.59 Å². The Morgan fingerprint density at radius 3 is 2.73 bits per heavy atom. The molecule has 0 aliphatic heterocycles. The Morgan fingerprint density at radius 2 is 2.14 bits per heavy atom. The Hall–Kier alpha value is -1.82. The number of benzene rings is 1. The number of ether oxygens (including phenoxy) is 1. The fraction of sp³-hybridized carbons (Fsp3) is 0.500. The number of anilines is 1. The van der Waals surface area contributed by atoms with Crippen molar-refractivity contribution < 1.29 is 14.3 Å². The van der Waals surface area contributed by atoms with Gasteiger partial charge < -0.3 is 20.5 Å². The van der Waals surface area contributed by atoms with Crippen molar-refractivity contribution in [3.8, 4) is 0 Å². The highest BCUT2D eigenvalue weighted by atomic mass is 16.6. The predicted molar refractivity (Wildman–Crippen MR) is 89.2 cm³/mol. The van der Waals surface area contributed by atoms with E-state index in [1.807, 2.05) is 45.9 Å². The normalized spacial score (nSPS) is 12.5. The maximum absolute atomic E-state index is 12.0. The molecule has 1 rings (SSSR count). The van der Waals surface area contributed by atoms with Crippen LogP contribution in [0.2, 0.25) is 0 Å². The average Bonchev–Trinajstić information content (AvgIpc) is 2.38. The number of carbonyl (C=O) groups excluding carboxylic acids is 2. The summed E-state index contributed by atoms with van der Waals surface area (Å²) in [5, 5.41) is 2.95. The number of nitrogens with two attached hydrogens (primary N) is 1. The van der Waals surface area contributed by atoms with Crippen LogP contribution >= 0.6 is 0 Å². The summed E-state index contributed by atoms with van der Waals surface area (Å²) < 4.78 is 5.33. The lowest BCUT2D eigenvalue weighted by Crippen LogP contribution is -2.38. The summed E-state index contributed by atoms with van der Waals surface area (Å²) in [7, 11) is 1.30. The van der Waals surface area contributed by atoms with Crippen LogP contribution in [-0.2, 0) is 20.7 Å². The van der Waals surface area contributed by atoms with Crippen LogP contribution in [0.15, 0.2) is 18.2 Å². The minimum absolute atomic E-state index is 0.176. The summed E-state index contributed by atoms with van der Waals surface area (Å²) in [4.78, 5) is 22.5. The summed E-state index contributed by atoms with van der Waals surface area (Å²) >= 11 is 0. The molecule has 1 aromatic carbocycles. The molecule has 0 unspecified atom stereocenters. The molecule has 0 heterocycles. The average molecular weight is 303 g/mol. The van der Waals surface area contributed by atoms with Crippen LogP contribution in [0.1, 0.15) is 38.3 Å². The van der Waals surface area contributed by atoms with Gasteiger partial charge in [-0.1, -0.05) is 6.07 Å². The third kappa shape index (κ3) is 6.76. The lowest BCUT2D eigenvalue weighted by Gasteiger charge is -2.23. The molecule has 5 nitrogen and oxygen atoms in total.